The number of carboxylic acid groups (broad SMARTS) is 1. The van der Waals surface area contributed by atoms with Gasteiger partial charge in [-0.1, -0.05) is 6.92 Å². The Kier molecular flexibility index (Phi) is 5.42. The first-order chi connectivity index (χ1) is 11.3. The summed E-state index contributed by atoms with van der Waals surface area (Å²) in [7, 11) is -4.03. The van der Waals surface area contributed by atoms with Gasteiger partial charge in [0.25, 0.3) is 5.91 Å². The standard InChI is InChI=1S/C14H20N4O5S/c1-2-17-24(22,23)12-8-9(14(20)21)11(15)7-10(12)13(19)18-5-3-16-4-6-18/h7-8,16-17H,2-6,15H2,1H3,(H,20,21). The molecule has 0 radical (unpaired) electrons. The molecule has 0 spiro atoms. The van der Waals surface area contributed by atoms with Gasteiger partial charge in [0.15, 0.2) is 0 Å². The van der Waals surface area contributed by atoms with Crippen molar-refractivity contribution in [3.63, 3.8) is 0 Å². The fourth-order valence-corrected chi connectivity index (χ4v) is 3.72. The van der Waals surface area contributed by atoms with Crippen molar-refractivity contribution < 1.29 is 23.1 Å². The van der Waals surface area contributed by atoms with Crippen molar-refractivity contribution >= 4 is 27.6 Å². The Morgan fingerprint density at radius 3 is 2.46 bits per heavy atom. The average Bonchev–Trinajstić information content (AvgIpc) is 2.54. The van der Waals surface area contributed by atoms with Gasteiger partial charge in [0.05, 0.1) is 16.0 Å². The van der Waals surface area contributed by atoms with Crippen molar-refractivity contribution in [2.24, 2.45) is 0 Å². The molecule has 9 nitrogen and oxygen atoms in total. The van der Waals surface area contributed by atoms with Crippen LogP contribution in [0.5, 0.6) is 0 Å². The molecule has 1 aromatic rings. The molecule has 1 saturated heterocycles. The molecule has 0 aromatic heterocycles. The number of benzene rings is 1. The van der Waals surface area contributed by atoms with Crippen LogP contribution in [0.4, 0.5) is 5.69 Å². The van der Waals surface area contributed by atoms with E-state index in [0.29, 0.717) is 26.2 Å². The zero-order valence-electron chi connectivity index (χ0n) is 13.2. The van der Waals surface area contributed by atoms with E-state index in [-0.39, 0.29) is 28.3 Å². The molecule has 10 heteroatoms. The largest absolute Gasteiger partial charge is 0.478 e. The highest BCUT2D eigenvalue weighted by Crippen LogP contribution is 2.25. The lowest BCUT2D eigenvalue weighted by molar-refractivity contribution is 0.0692. The normalized spacial score (nSPS) is 15.3. The van der Waals surface area contributed by atoms with Gasteiger partial charge in [0, 0.05) is 38.4 Å². The summed E-state index contributed by atoms with van der Waals surface area (Å²) in [6, 6.07) is 2.06. The topological polar surface area (TPSA) is 142 Å². The molecule has 1 aliphatic rings. The maximum atomic E-state index is 12.7. The molecule has 0 unspecified atom stereocenters. The zero-order valence-corrected chi connectivity index (χ0v) is 14.0. The van der Waals surface area contributed by atoms with Gasteiger partial charge in [0.1, 0.15) is 0 Å². The number of anilines is 1. The van der Waals surface area contributed by atoms with Crippen LogP contribution >= 0.6 is 0 Å². The third kappa shape index (κ3) is 3.66. The molecule has 1 heterocycles. The number of hydrogen-bond donors (Lipinski definition) is 4. The number of rotatable bonds is 5. The lowest BCUT2D eigenvalue weighted by Gasteiger charge is -2.28. The SMILES string of the molecule is CCNS(=O)(=O)c1cc(C(=O)O)c(N)cc1C(=O)N1CCNCC1. The van der Waals surface area contributed by atoms with Crippen molar-refractivity contribution in [3.8, 4) is 0 Å². The molecule has 0 saturated carbocycles. The van der Waals surface area contributed by atoms with E-state index >= 15 is 0 Å². The van der Waals surface area contributed by atoms with Crippen LogP contribution in [-0.2, 0) is 10.0 Å². The Labute approximate surface area is 139 Å². The van der Waals surface area contributed by atoms with Gasteiger partial charge in [-0.05, 0) is 12.1 Å². The zero-order chi connectivity index (χ0) is 17.9. The lowest BCUT2D eigenvalue weighted by atomic mass is 10.1. The molecule has 24 heavy (non-hydrogen) atoms. The first kappa shape index (κ1) is 18.2. The molecule has 1 aromatic carbocycles. The van der Waals surface area contributed by atoms with Crippen LogP contribution in [0.1, 0.15) is 27.6 Å². The van der Waals surface area contributed by atoms with Crippen LogP contribution in [0.25, 0.3) is 0 Å². The maximum Gasteiger partial charge on any atom is 0.337 e. The number of aromatic carboxylic acids is 1. The Morgan fingerprint density at radius 1 is 1.29 bits per heavy atom. The number of sulfonamides is 1. The number of carbonyl (C=O) groups is 2. The highest BCUT2D eigenvalue weighted by atomic mass is 32.2. The fourth-order valence-electron chi connectivity index (χ4n) is 2.48. The highest BCUT2D eigenvalue weighted by molar-refractivity contribution is 7.89. The number of nitrogens with two attached hydrogens (primary N) is 1. The van der Waals surface area contributed by atoms with E-state index in [1.165, 1.54) is 4.90 Å². The van der Waals surface area contributed by atoms with E-state index in [9.17, 15) is 18.0 Å². The smallest absolute Gasteiger partial charge is 0.337 e. The number of nitrogen functional groups attached to an aromatic ring is 1. The Balaban J connectivity index is 2.58. The second kappa shape index (κ2) is 7.16. The van der Waals surface area contributed by atoms with Crippen molar-refractivity contribution in [3.05, 3.63) is 23.3 Å². The predicted octanol–water partition coefficient (Wildman–Crippen LogP) is -0.689. The van der Waals surface area contributed by atoms with Crippen LogP contribution in [0.2, 0.25) is 0 Å². The minimum absolute atomic E-state index is 0.108. The quantitative estimate of drug-likeness (QED) is 0.512. The Bertz CT molecular complexity index is 757. The third-order valence-corrected chi connectivity index (χ3v) is 5.23. The van der Waals surface area contributed by atoms with Gasteiger partial charge in [-0.25, -0.2) is 17.9 Å². The molecular weight excluding hydrogens is 336 g/mol. The van der Waals surface area contributed by atoms with Crippen LogP contribution < -0.4 is 15.8 Å². The minimum Gasteiger partial charge on any atom is -0.478 e. The van der Waals surface area contributed by atoms with Gasteiger partial charge in [-0.2, -0.15) is 0 Å². The Hall–Kier alpha value is -2.17. The minimum atomic E-state index is -4.03. The molecule has 1 aliphatic heterocycles. The molecule has 1 fully saturated rings. The molecule has 132 valence electrons. The summed E-state index contributed by atoms with van der Waals surface area (Å²) < 4.78 is 27.1. The number of nitrogens with one attached hydrogen (secondary N) is 2. The molecule has 0 atom stereocenters. The predicted molar refractivity (Wildman–Crippen MR) is 87.4 cm³/mol. The number of hydrogen-bond acceptors (Lipinski definition) is 6. The van der Waals surface area contributed by atoms with Crippen molar-refractivity contribution in [1.82, 2.24) is 14.9 Å². The molecule has 0 bridgehead atoms. The lowest BCUT2D eigenvalue weighted by Crippen LogP contribution is -2.46. The maximum absolute atomic E-state index is 12.7. The van der Waals surface area contributed by atoms with E-state index in [4.69, 9.17) is 10.8 Å². The van der Waals surface area contributed by atoms with Gasteiger partial charge in [-0.15, -0.1) is 0 Å². The summed E-state index contributed by atoms with van der Waals surface area (Å²) in [4.78, 5) is 25.1. The third-order valence-electron chi connectivity index (χ3n) is 3.64. The van der Waals surface area contributed by atoms with Gasteiger partial charge in [0.2, 0.25) is 10.0 Å². The summed E-state index contributed by atoms with van der Waals surface area (Å²) in [6.45, 7) is 3.76. The van der Waals surface area contributed by atoms with Crippen molar-refractivity contribution in [1.29, 1.82) is 0 Å². The van der Waals surface area contributed by atoms with E-state index < -0.39 is 21.9 Å². The second-order valence-corrected chi connectivity index (χ2v) is 7.02. The number of amides is 1. The van der Waals surface area contributed by atoms with Crippen molar-refractivity contribution in [2.45, 2.75) is 11.8 Å². The number of piperazine rings is 1. The summed E-state index contributed by atoms with van der Waals surface area (Å²) in [5.41, 5.74) is 5.06. The van der Waals surface area contributed by atoms with Crippen LogP contribution in [-0.4, -0.2) is 63.0 Å². The van der Waals surface area contributed by atoms with Crippen LogP contribution in [0, 0.1) is 0 Å². The summed E-state index contributed by atoms with van der Waals surface area (Å²) in [5.74, 6) is -1.85. The average molecular weight is 356 g/mol. The van der Waals surface area contributed by atoms with Gasteiger partial charge in [-0.3, -0.25) is 4.79 Å². The first-order valence-corrected chi connectivity index (χ1v) is 8.92. The van der Waals surface area contributed by atoms with Crippen LogP contribution in [0.15, 0.2) is 17.0 Å². The van der Waals surface area contributed by atoms with Gasteiger partial charge < -0.3 is 21.1 Å². The van der Waals surface area contributed by atoms with Crippen molar-refractivity contribution in [2.75, 3.05) is 38.5 Å². The Morgan fingerprint density at radius 2 is 1.92 bits per heavy atom. The molecular formula is C14H20N4O5S. The molecule has 5 N–H and O–H groups in total. The van der Waals surface area contributed by atoms with Gasteiger partial charge >= 0.3 is 5.97 Å². The fraction of sp³-hybridized carbons (Fsp3) is 0.429. The van der Waals surface area contributed by atoms with Crippen LogP contribution in [0.3, 0.4) is 0 Å². The second-order valence-electron chi connectivity index (χ2n) is 5.28. The highest BCUT2D eigenvalue weighted by Gasteiger charge is 2.28. The molecule has 1 amide bonds. The first-order valence-electron chi connectivity index (χ1n) is 7.44. The number of carboxylic acids is 1. The van der Waals surface area contributed by atoms with E-state index in [0.717, 1.165) is 12.1 Å². The summed E-state index contributed by atoms with van der Waals surface area (Å²) >= 11 is 0. The van der Waals surface area contributed by atoms with E-state index in [1.807, 2.05) is 0 Å². The molecule has 0 aliphatic carbocycles. The number of carbonyl (C=O) groups excluding carboxylic acids is 1. The monoisotopic (exact) mass is 356 g/mol. The number of nitrogens with zero attached hydrogens (tertiary/aromatic N) is 1. The summed E-state index contributed by atoms with van der Waals surface area (Å²) in [6.07, 6.45) is 0. The van der Waals surface area contributed by atoms with E-state index in [2.05, 4.69) is 10.0 Å². The molecule has 2 rings (SSSR count). The van der Waals surface area contributed by atoms with E-state index in [1.54, 1.807) is 6.92 Å². The summed E-state index contributed by atoms with van der Waals surface area (Å²) in [5, 5.41) is 12.3.